The van der Waals surface area contributed by atoms with Crippen LogP contribution in [0.2, 0.25) is 0 Å². The van der Waals surface area contributed by atoms with Gasteiger partial charge in [-0.25, -0.2) is 0 Å². The highest BCUT2D eigenvalue weighted by Gasteiger charge is 2.15. The molecule has 0 aliphatic heterocycles. The fourth-order valence-electron chi connectivity index (χ4n) is 1.63. The molecule has 2 rings (SSSR count). The van der Waals surface area contributed by atoms with E-state index in [0.29, 0.717) is 24.9 Å². The molecule has 0 aliphatic carbocycles. The van der Waals surface area contributed by atoms with Crippen molar-refractivity contribution in [2.75, 3.05) is 13.2 Å². The number of hydrogen-bond donors (Lipinski definition) is 1. The first kappa shape index (κ1) is 13.7. The van der Waals surface area contributed by atoms with Crippen molar-refractivity contribution in [1.29, 1.82) is 0 Å². The van der Waals surface area contributed by atoms with Crippen LogP contribution >= 0.6 is 0 Å². The van der Waals surface area contributed by atoms with Gasteiger partial charge in [-0.2, -0.15) is 4.98 Å². The van der Waals surface area contributed by atoms with Crippen LogP contribution < -0.4 is 5.73 Å². The molecule has 0 bridgehead atoms. The van der Waals surface area contributed by atoms with E-state index in [0.717, 1.165) is 12.0 Å². The normalized spacial score (nSPS) is 12.6. The zero-order valence-electron chi connectivity index (χ0n) is 11.3. The zero-order valence-corrected chi connectivity index (χ0v) is 11.3. The topological polar surface area (TPSA) is 74.2 Å². The number of nitrogens with zero attached hydrogens (tertiary/aromatic N) is 2. The highest BCUT2D eigenvalue weighted by molar-refractivity contribution is 5.53. The van der Waals surface area contributed by atoms with E-state index in [9.17, 15) is 0 Å². The van der Waals surface area contributed by atoms with Crippen molar-refractivity contribution >= 4 is 0 Å². The van der Waals surface area contributed by atoms with Gasteiger partial charge in [0.1, 0.15) is 0 Å². The highest BCUT2D eigenvalue weighted by Crippen LogP contribution is 2.19. The van der Waals surface area contributed by atoms with E-state index in [2.05, 4.69) is 17.1 Å². The van der Waals surface area contributed by atoms with Crippen molar-refractivity contribution in [2.24, 2.45) is 5.73 Å². The maximum atomic E-state index is 5.94. The lowest BCUT2D eigenvalue weighted by Gasteiger charge is -2.06. The Balaban J connectivity index is 2.04. The van der Waals surface area contributed by atoms with E-state index in [1.165, 1.54) is 5.56 Å². The van der Waals surface area contributed by atoms with E-state index in [1.807, 2.05) is 31.2 Å². The summed E-state index contributed by atoms with van der Waals surface area (Å²) in [4.78, 5) is 4.31. The molecule has 1 unspecified atom stereocenters. The number of rotatable bonds is 6. The van der Waals surface area contributed by atoms with Gasteiger partial charge in [-0.15, -0.1) is 0 Å². The second kappa shape index (κ2) is 6.45. The fourth-order valence-corrected chi connectivity index (χ4v) is 1.63. The summed E-state index contributed by atoms with van der Waals surface area (Å²) in [5.74, 6) is 0.965. The Labute approximate surface area is 112 Å². The van der Waals surface area contributed by atoms with E-state index in [4.69, 9.17) is 15.0 Å². The number of aromatic nitrogens is 2. The van der Waals surface area contributed by atoms with Crippen LogP contribution in [0.15, 0.2) is 28.8 Å². The van der Waals surface area contributed by atoms with Crippen LogP contribution in [0.4, 0.5) is 0 Å². The molecule has 0 radical (unpaired) electrons. The zero-order chi connectivity index (χ0) is 13.7. The van der Waals surface area contributed by atoms with Gasteiger partial charge < -0.3 is 15.0 Å². The van der Waals surface area contributed by atoms with Gasteiger partial charge in [-0.1, -0.05) is 29.8 Å². The lowest BCUT2D eigenvalue weighted by Crippen LogP contribution is -2.18. The third-order valence-electron chi connectivity index (χ3n) is 2.72. The number of nitrogens with two attached hydrogens (primary N) is 1. The summed E-state index contributed by atoms with van der Waals surface area (Å²) in [6.45, 7) is 5.18. The van der Waals surface area contributed by atoms with Crippen LogP contribution in [0, 0.1) is 6.92 Å². The van der Waals surface area contributed by atoms with Gasteiger partial charge in [0.05, 0.1) is 12.6 Å². The molecule has 1 aromatic carbocycles. The van der Waals surface area contributed by atoms with Crippen molar-refractivity contribution in [3.63, 3.8) is 0 Å². The minimum atomic E-state index is -0.352. The van der Waals surface area contributed by atoms with Crippen LogP contribution in [0.1, 0.15) is 30.8 Å². The first-order valence-electron chi connectivity index (χ1n) is 6.44. The maximum absolute atomic E-state index is 5.94. The monoisotopic (exact) mass is 261 g/mol. The van der Waals surface area contributed by atoms with Gasteiger partial charge in [-0.05, 0) is 25.5 Å². The quantitative estimate of drug-likeness (QED) is 0.808. The third kappa shape index (κ3) is 3.62. The fraction of sp³-hybridized carbons (Fsp3) is 0.429. The molecule has 0 aliphatic rings. The van der Waals surface area contributed by atoms with E-state index >= 15 is 0 Å². The summed E-state index contributed by atoms with van der Waals surface area (Å²) >= 11 is 0. The summed E-state index contributed by atoms with van der Waals surface area (Å²) in [5, 5.41) is 3.90. The predicted octanol–water partition coefficient (Wildman–Crippen LogP) is 2.47. The molecule has 2 aromatic rings. The molecule has 1 heterocycles. The van der Waals surface area contributed by atoms with Crippen molar-refractivity contribution in [3.05, 3.63) is 35.7 Å². The Kier molecular flexibility index (Phi) is 4.65. The molecule has 1 aromatic heterocycles. The van der Waals surface area contributed by atoms with Crippen LogP contribution in [-0.2, 0) is 4.74 Å². The smallest absolute Gasteiger partial charge is 0.257 e. The van der Waals surface area contributed by atoms with Gasteiger partial charge in [0.2, 0.25) is 0 Å². The number of aryl methyl sites for hydroxylation is 1. The average Bonchev–Trinajstić information content (AvgIpc) is 2.89. The molecule has 5 heteroatoms. The first-order valence-corrected chi connectivity index (χ1v) is 6.44. The lowest BCUT2D eigenvalue weighted by molar-refractivity contribution is 0.119. The Morgan fingerprint density at radius 2 is 2.05 bits per heavy atom. The van der Waals surface area contributed by atoms with Gasteiger partial charge >= 0.3 is 0 Å². The molecular weight excluding hydrogens is 242 g/mol. The van der Waals surface area contributed by atoms with Crippen LogP contribution in [-0.4, -0.2) is 23.4 Å². The minimum Gasteiger partial charge on any atom is -0.379 e. The van der Waals surface area contributed by atoms with Crippen molar-refractivity contribution in [2.45, 2.75) is 26.3 Å². The molecule has 1 atom stereocenters. The molecule has 0 spiro atoms. The third-order valence-corrected chi connectivity index (χ3v) is 2.72. The molecular formula is C14H19N3O2. The summed E-state index contributed by atoms with van der Waals surface area (Å²) in [6.07, 6.45) is 0.966. The summed E-state index contributed by atoms with van der Waals surface area (Å²) in [7, 11) is 0. The predicted molar refractivity (Wildman–Crippen MR) is 72.5 cm³/mol. The van der Waals surface area contributed by atoms with Gasteiger partial charge in [0, 0.05) is 12.2 Å². The van der Waals surface area contributed by atoms with E-state index in [-0.39, 0.29) is 6.04 Å². The Hall–Kier alpha value is -1.72. The summed E-state index contributed by atoms with van der Waals surface area (Å²) in [6, 6.07) is 7.55. The maximum Gasteiger partial charge on any atom is 0.257 e. The van der Waals surface area contributed by atoms with Crippen molar-refractivity contribution in [3.8, 4) is 11.5 Å². The molecule has 19 heavy (non-hydrogen) atoms. The highest BCUT2D eigenvalue weighted by atomic mass is 16.5. The van der Waals surface area contributed by atoms with Crippen molar-refractivity contribution in [1.82, 2.24) is 10.1 Å². The molecule has 102 valence electrons. The minimum absolute atomic E-state index is 0.352. The van der Waals surface area contributed by atoms with Crippen LogP contribution in [0.25, 0.3) is 11.5 Å². The summed E-state index contributed by atoms with van der Waals surface area (Å²) < 4.78 is 10.6. The lowest BCUT2D eigenvalue weighted by atomic mass is 10.1. The number of hydrogen-bond acceptors (Lipinski definition) is 5. The molecule has 2 N–H and O–H groups in total. The van der Waals surface area contributed by atoms with Crippen LogP contribution in [0.3, 0.4) is 0 Å². The molecule has 0 fully saturated rings. The summed E-state index contributed by atoms with van der Waals surface area (Å²) in [5.41, 5.74) is 8.02. The van der Waals surface area contributed by atoms with E-state index < -0.39 is 0 Å². The van der Waals surface area contributed by atoms with E-state index in [1.54, 1.807) is 0 Å². The van der Waals surface area contributed by atoms with Gasteiger partial charge in [-0.3, -0.25) is 0 Å². The first-order chi connectivity index (χ1) is 9.20. The second-order valence-corrected chi connectivity index (χ2v) is 4.51. The Morgan fingerprint density at radius 3 is 2.74 bits per heavy atom. The van der Waals surface area contributed by atoms with Crippen molar-refractivity contribution < 1.29 is 9.26 Å². The molecule has 0 saturated carbocycles. The SMILES string of the molecule is CCCOCC(N)c1noc(-c2ccc(C)cc2)n1. The molecule has 0 amide bonds. The largest absolute Gasteiger partial charge is 0.379 e. The van der Waals surface area contributed by atoms with Gasteiger partial charge in [0.15, 0.2) is 5.82 Å². The number of ether oxygens (including phenoxy) is 1. The van der Waals surface area contributed by atoms with Crippen LogP contribution in [0.5, 0.6) is 0 Å². The molecule has 5 nitrogen and oxygen atoms in total. The average molecular weight is 261 g/mol. The van der Waals surface area contributed by atoms with Gasteiger partial charge in [0.25, 0.3) is 5.89 Å². The second-order valence-electron chi connectivity index (χ2n) is 4.51. The molecule has 0 saturated heterocycles. The Bertz CT molecular complexity index is 508. The standard InChI is InChI=1S/C14H19N3O2/c1-3-8-18-9-12(15)13-16-14(19-17-13)11-6-4-10(2)5-7-11/h4-7,12H,3,8-9,15H2,1-2H3. The Morgan fingerprint density at radius 1 is 1.32 bits per heavy atom. The number of benzene rings is 1.